The highest BCUT2D eigenvalue weighted by atomic mass is 79.9. The van der Waals surface area contributed by atoms with Gasteiger partial charge in [0, 0.05) is 21.4 Å². The van der Waals surface area contributed by atoms with Gasteiger partial charge in [-0.3, -0.25) is 4.79 Å². The van der Waals surface area contributed by atoms with E-state index >= 15 is 0 Å². The Morgan fingerprint density at radius 3 is 3.00 bits per heavy atom. The molecule has 5 heteroatoms. The summed E-state index contributed by atoms with van der Waals surface area (Å²) in [6.45, 7) is 1.03. The first-order valence-electron chi connectivity index (χ1n) is 5.63. The lowest BCUT2D eigenvalue weighted by Gasteiger charge is -2.11. The van der Waals surface area contributed by atoms with Crippen LogP contribution in [0.25, 0.3) is 0 Å². The topological polar surface area (TPSA) is 41.1 Å². The third-order valence-electron chi connectivity index (χ3n) is 2.80. The molecule has 1 aromatic rings. The van der Waals surface area contributed by atoms with Gasteiger partial charge in [0.25, 0.3) is 0 Å². The van der Waals surface area contributed by atoms with Crippen LogP contribution in [-0.4, -0.2) is 18.5 Å². The van der Waals surface area contributed by atoms with E-state index in [1.54, 1.807) is 0 Å². The van der Waals surface area contributed by atoms with Gasteiger partial charge in [0.05, 0.1) is 5.69 Å². The first kappa shape index (κ1) is 13.1. The largest absolute Gasteiger partial charge is 0.325 e. The molecule has 0 aromatic heterocycles. The maximum Gasteiger partial charge on any atom is 0.225 e. The van der Waals surface area contributed by atoms with Crippen LogP contribution in [-0.2, 0) is 4.79 Å². The van der Waals surface area contributed by atoms with Crippen LogP contribution in [0.3, 0.4) is 0 Å². The van der Waals surface area contributed by atoms with Gasteiger partial charge in [-0.1, -0.05) is 15.9 Å². The first-order valence-corrected chi connectivity index (χ1v) is 7.22. The fourth-order valence-electron chi connectivity index (χ4n) is 1.95. The average molecular weight is 362 g/mol. The number of nitrogens with one attached hydrogen (secondary N) is 2. The van der Waals surface area contributed by atoms with Crippen molar-refractivity contribution in [2.45, 2.75) is 25.3 Å². The molecule has 2 rings (SSSR count). The molecule has 1 aliphatic heterocycles. The molecule has 1 atom stereocenters. The standard InChI is InChI=1S/C12H14Br2N2O/c13-8-3-4-10(14)11(6-8)16-12(17)7-9-2-1-5-15-9/h3-4,6,9,15H,1-2,5,7H2,(H,16,17). The van der Waals surface area contributed by atoms with E-state index < -0.39 is 0 Å². The van der Waals surface area contributed by atoms with Crippen LogP contribution in [0.1, 0.15) is 19.3 Å². The molecule has 17 heavy (non-hydrogen) atoms. The number of carbonyl (C=O) groups is 1. The lowest BCUT2D eigenvalue weighted by molar-refractivity contribution is -0.116. The van der Waals surface area contributed by atoms with Gasteiger partial charge in [-0.25, -0.2) is 0 Å². The van der Waals surface area contributed by atoms with E-state index in [1.807, 2.05) is 18.2 Å². The number of benzene rings is 1. The van der Waals surface area contributed by atoms with Crippen LogP contribution in [0.15, 0.2) is 27.1 Å². The Kier molecular flexibility index (Phi) is 4.59. The van der Waals surface area contributed by atoms with E-state index in [0.29, 0.717) is 12.5 Å². The molecule has 92 valence electrons. The lowest BCUT2D eigenvalue weighted by atomic mass is 10.1. The van der Waals surface area contributed by atoms with E-state index in [4.69, 9.17) is 0 Å². The summed E-state index contributed by atoms with van der Waals surface area (Å²) >= 11 is 6.81. The summed E-state index contributed by atoms with van der Waals surface area (Å²) in [5, 5.41) is 6.24. The van der Waals surface area contributed by atoms with Gasteiger partial charge in [-0.2, -0.15) is 0 Å². The van der Waals surface area contributed by atoms with Crippen molar-refractivity contribution in [3.8, 4) is 0 Å². The Bertz CT molecular complexity index is 417. The molecule has 2 N–H and O–H groups in total. The van der Waals surface area contributed by atoms with Crippen molar-refractivity contribution in [2.75, 3.05) is 11.9 Å². The van der Waals surface area contributed by atoms with Crippen molar-refractivity contribution in [1.29, 1.82) is 0 Å². The highest BCUT2D eigenvalue weighted by molar-refractivity contribution is 9.11. The lowest BCUT2D eigenvalue weighted by Crippen LogP contribution is -2.27. The molecule has 0 radical (unpaired) electrons. The molecule has 1 unspecified atom stereocenters. The third kappa shape index (κ3) is 3.79. The number of hydrogen-bond acceptors (Lipinski definition) is 2. The van der Waals surface area contributed by atoms with Crippen LogP contribution < -0.4 is 10.6 Å². The Morgan fingerprint density at radius 1 is 1.47 bits per heavy atom. The molecule has 1 aliphatic rings. The molecule has 0 spiro atoms. The summed E-state index contributed by atoms with van der Waals surface area (Å²) in [7, 11) is 0. The Labute approximate surface area is 118 Å². The molecule has 1 heterocycles. The average Bonchev–Trinajstić information content (AvgIpc) is 2.76. The van der Waals surface area contributed by atoms with Crippen molar-refractivity contribution < 1.29 is 4.79 Å². The van der Waals surface area contributed by atoms with E-state index in [2.05, 4.69) is 42.5 Å². The summed E-state index contributed by atoms with van der Waals surface area (Å²) in [4.78, 5) is 11.8. The minimum Gasteiger partial charge on any atom is -0.325 e. The van der Waals surface area contributed by atoms with E-state index in [-0.39, 0.29) is 5.91 Å². The molecule has 1 aromatic carbocycles. The summed E-state index contributed by atoms with van der Waals surface area (Å²) in [6, 6.07) is 6.07. The Balaban J connectivity index is 1.95. The van der Waals surface area contributed by atoms with Crippen molar-refractivity contribution >= 4 is 43.5 Å². The SMILES string of the molecule is O=C(CC1CCCN1)Nc1cc(Br)ccc1Br. The highest BCUT2D eigenvalue weighted by Gasteiger charge is 2.18. The van der Waals surface area contributed by atoms with Gasteiger partial charge in [0.2, 0.25) is 5.91 Å². The quantitative estimate of drug-likeness (QED) is 0.867. The minimum absolute atomic E-state index is 0.0585. The normalized spacial score (nSPS) is 19.3. The van der Waals surface area contributed by atoms with Gasteiger partial charge in [-0.05, 0) is 53.5 Å². The highest BCUT2D eigenvalue weighted by Crippen LogP contribution is 2.26. The van der Waals surface area contributed by atoms with Crippen LogP contribution in [0.4, 0.5) is 5.69 Å². The molecule has 3 nitrogen and oxygen atoms in total. The molecule has 1 saturated heterocycles. The summed E-state index contributed by atoms with van der Waals surface area (Å²) in [5.74, 6) is 0.0585. The number of carbonyl (C=O) groups excluding carboxylic acids is 1. The van der Waals surface area contributed by atoms with Gasteiger partial charge in [0.15, 0.2) is 0 Å². The molecular formula is C12H14Br2N2O. The zero-order valence-corrected chi connectivity index (χ0v) is 12.5. The maximum atomic E-state index is 11.8. The fraction of sp³-hybridized carbons (Fsp3) is 0.417. The molecular weight excluding hydrogens is 348 g/mol. The number of anilines is 1. The second-order valence-corrected chi connectivity index (χ2v) is 5.94. The van der Waals surface area contributed by atoms with Crippen LogP contribution in [0.5, 0.6) is 0 Å². The molecule has 0 saturated carbocycles. The first-order chi connectivity index (χ1) is 8.15. The molecule has 0 bridgehead atoms. The second kappa shape index (κ2) is 5.98. The van der Waals surface area contributed by atoms with E-state index in [0.717, 1.165) is 27.6 Å². The smallest absolute Gasteiger partial charge is 0.225 e. The van der Waals surface area contributed by atoms with Crippen molar-refractivity contribution in [3.63, 3.8) is 0 Å². The molecule has 0 aliphatic carbocycles. The summed E-state index contributed by atoms with van der Waals surface area (Å²) < 4.78 is 1.85. The van der Waals surface area contributed by atoms with Crippen molar-refractivity contribution in [2.24, 2.45) is 0 Å². The minimum atomic E-state index is 0.0585. The van der Waals surface area contributed by atoms with Crippen molar-refractivity contribution in [1.82, 2.24) is 5.32 Å². The van der Waals surface area contributed by atoms with Crippen LogP contribution in [0, 0.1) is 0 Å². The number of rotatable bonds is 3. The monoisotopic (exact) mass is 360 g/mol. The zero-order chi connectivity index (χ0) is 12.3. The summed E-state index contributed by atoms with van der Waals surface area (Å²) in [5.41, 5.74) is 0.808. The zero-order valence-electron chi connectivity index (χ0n) is 9.30. The predicted octanol–water partition coefficient (Wildman–Crippen LogP) is 3.29. The Morgan fingerprint density at radius 2 is 2.29 bits per heavy atom. The van der Waals surface area contributed by atoms with Crippen LogP contribution in [0.2, 0.25) is 0 Å². The number of hydrogen-bond donors (Lipinski definition) is 2. The van der Waals surface area contributed by atoms with Crippen molar-refractivity contribution in [3.05, 3.63) is 27.1 Å². The van der Waals surface area contributed by atoms with E-state index in [9.17, 15) is 4.79 Å². The molecule has 1 amide bonds. The van der Waals surface area contributed by atoms with Gasteiger partial charge >= 0.3 is 0 Å². The third-order valence-corrected chi connectivity index (χ3v) is 3.98. The summed E-state index contributed by atoms with van der Waals surface area (Å²) in [6.07, 6.45) is 2.80. The van der Waals surface area contributed by atoms with Gasteiger partial charge in [-0.15, -0.1) is 0 Å². The van der Waals surface area contributed by atoms with Gasteiger partial charge in [0.1, 0.15) is 0 Å². The van der Waals surface area contributed by atoms with Gasteiger partial charge < -0.3 is 10.6 Å². The fourth-order valence-corrected chi connectivity index (χ4v) is 2.66. The predicted molar refractivity (Wildman–Crippen MR) is 76.1 cm³/mol. The van der Waals surface area contributed by atoms with E-state index in [1.165, 1.54) is 6.42 Å². The molecule has 1 fully saturated rings. The van der Waals surface area contributed by atoms with Crippen LogP contribution >= 0.6 is 31.9 Å². The number of amides is 1. The second-order valence-electron chi connectivity index (χ2n) is 4.17. The maximum absolute atomic E-state index is 11.8. The number of halogens is 2. The Hall–Kier alpha value is -0.390.